The van der Waals surface area contributed by atoms with Gasteiger partial charge in [0, 0.05) is 6.92 Å². The van der Waals surface area contributed by atoms with Crippen molar-refractivity contribution < 1.29 is 14.7 Å². The van der Waals surface area contributed by atoms with Crippen molar-refractivity contribution in [2.45, 2.75) is 62.3 Å². The maximum Gasteiger partial charge on any atom is 0.329 e. The summed E-state index contributed by atoms with van der Waals surface area (Å²) >= 11 is 0. The van der Waals surface area contributed by atoms with Gasteiger partial charge in [0.05, 0.1) is 8.07 Å². The number of aliphatic carboxylic acids is 1. The van der Waals surface area contributed by atoms with Crippen molar-refractivity contribution >= 4 is 20.0 Å². The van der Waals surface area contributed by atoms with Gasteiger partial charge < -0.3 is 10.4 Å². The predicted octanol–water partition coefficient (Wildman–Crippen LogP) is 1.98. The van der Waals surface area contributed by atoms with Gasteiger partial charge >= 0.3 is 5.97 Å². The average Bonchev–Trinajstić information content (AvgIpc) is 2.70. The number of carbonyl (C=O) groups excluding carboxylic acids is 1. The molecule has 0 aromatic rings. The van der Waals surface area contributed by atoms with Crippen molar-refractivity contribution in [1.29, 1.82) is 0 Å². The number of hydrogen-bond donors (Lipinski definition) is 2. The van der Waals surface area contributed by atoms with Crippen LogP contribution in [0.4, 0.5) is 0 Å². The molecule has 0 aromatic carbocycles. The van der Waals surface area contributed by atoms with Gasteiger partial charge in [-0.05, 0) is 12.8 Å². The Morgan fingerprint density at radius 3 is 2.06 bits per heavy atom. The Balaban J connectivity index is 2.07. The molecular weight excluding hydrogens is 234 g/mol. The minimum atomic E-state index is -1.12. The Hall–Kier alpha value is -0.843. The van der Waals surface area contributed by atoms with Crippen molar-refractivity contribution in [3.05, 3.63) is 0 Å². The fourth-order valence-electron chi connectivity index (χ4n) is 3.56. The molecule has 17 heavy (non-hydrogen) atoms. The molecule has 4 nitrogen and oxygen atoms in total. The summed E-state index contributed by atoms with van der Waals surface area (Å²) in [6.07, 6.45) is 3.97. The molecule has 1 amide bonds. The third-order valence-electron chi connectivity index (χ3n) is 4.65. The van der Waals surface area contributed by atoms with Gasteiger partial charge in [0.15, 0.2) is 0 Å². The van der Waals surface area contributed by atoms with Crippen LogP contribution in [0.1, 0.15) is 32.6 Å². The Kier molecular flexibility index (Phi) is 3.29. The van der Waals surface area contributed by atoms with E-state index in [-0.39, 0.29) is 5.91 Å². The van der Waals surface area contributed by atoms with E-state index in [1.165, 1.54) is 31.9 Å². The Labute approximate surface area is 103 Å². The minimum Gasteiger partial charge on any atom is -0.480 e. The quantitative estimate of drug-likeness (QED) is 0.741. The Bertz CT molecular complexity index is 327. The van der Waals surface area contributed by atoms with E-state index in [2.05, 4.69) is 5.32 Å². The van der Waals surface area contributed by atoms with Crippen LogP contribution in [0.2, 0.25) is 24.2 Å². The van der Waals surface area contributed by atoms with E-state index in [9.17, 15) is 14.7 Å². The zero-order chi connectivity index (χ0) is 12.5. The lowest BCUT2D eigenvalue weighted by Gasteiger charge is -2.41. The van der Waals surface area contributed by atoms with E-state index in [0.717, 1.165) is 12.1 Å². The second kappa shape index (κ2) is 4.44. The van der Waals surface area contributed by atoms with Gasteiger partial charge in [-0.3, -0.25) is 4.79 Å². The summed E-state index contributed by atoms with van der Waals surface area (Å²) in [5, 5.41) is 12.1. The van der Waals surface area contributed by atoms with Crippen LogP contribution in [0.25, 0.3) is 0 Å². The average molecular weight is 255 g/mol. The number of hydrogen-bond acceptors (Lipinski definition) is 2. The molecule has 5 heteroatoms. The highest BCUT2D eigenvalue weighted by atomic mass is 28.3. The van der Waals surface area contributed by atoms with Crippen molar-refractivity contribution in [2.75, 3.05) is 0 Å². The number of carbonyl (C=O) groups is 2. The first-order chi connectivity index (χ1) is 7.98. The van der Waals surface area contributed by atoms with Gasteiger partial charge in [-0.15, -0.1) is 0 Å². The number of carboxylic acids is 1. The first-order valence-electron chi connectivity index (χ1n) is 6.50. The highest BCUT2D eigenvalue weighted by molar-refractivity contribution is 6.80. The molecule has 2 aliphatic rings. The number of amides is 1. The van der Waals surface area contributed by atoms with E-state index in [0.29, 0.717) is 12.8 Å². The molecule has 0 unspecified atom stereocenters. The highest BCUT2D eigenvalue weighted by Crippen LogP contribution is 2.45. The van der Waals surface area contributed by atoms with Gasteiger partial charge in [-0.2, -0.15) is 0 Å². The maximum atomic E-state index is 11.4. The molecule has 0 atom stereocenters. The summed E-state index contributed by atoms with van der Waals surface area (Å²) in [6, 6.07) is 4.92. The number of nitrogens with one attached hydrogen (secondary N) is 1. The SMILES string of the molecule is CC(=O)NC1(C(=O)O)CC[Si]2(CCCC2)CC1. The van der Waals surface area contributed by atoms with E-state index in [1.807, 2.05) is 0 Å². The zero-order valence-electron chi connectivity index (χ0n) is 10.4. The molecular formula is C12H21NO3Si. The molecule has 2 rings (SSSR count). The van der Waals surface area contributed by atoms with Gasteiger partial charge in [-0.25, -0.2) is 4.79 Å². The topological polar surface area (TPSA) is 66.4 Å². The number of rotatable bonds is 2. The molecule has 0 saturated carbocycles. The van der Waals surface area contributed by atoms with Crippen LogP contribution in [0.3, 0.4) is 0 Å². The summed E-state index contributed by atoms with van der Waals surface area (Å²) in [5.41, 5.74) is -0.966. The smallest absolute Gasteiger partial charge is 0.329 e. The van der Waals surface area contributed by atoms with Crippen molar-refractivity contribution in [3.63, 3.8) is 0 Å². The van der Waals surface area contributed by atoms with E-state index >= 15 is 0 Å². The monoisotopic (exact) mass is 255 g/mol. The summed E-state index contributed by atoms with van der Waals surface area (Å²) in [4.78, 5) is 22.6. The van der Waals surface area contributed by atoms with Crippen LogP contribution in [-0.2, 0) is 9.59 Å². The molecule has 0 aliphatic carbocycles. The fraction of sp³-hybridized carbons (Fsp3) is 0.833. The van der Waals surface area contributed by atoms with Crippen molar-refractivity contribution in [3.8, 4) is 0 Å². The first-order valence-corrected chi connectivity index (χ1v) is 9.33. The third-order valence-corrected chi connectivity index (χ3v) is 10.1. The third kappa shape index (κ3) is 2.39. The van der Waals surface area contributed by atoms with Crippen LogP contribution in [-0.4, -0.2) is 30.6 Å². The van der Waals surface area contributed by atoms with Gasteiger partial charge in [0.1, 0.15) is 5.54 Å². The lowest BCUT2D eigenvalue weighted by molar-refractivity contribution is -0.148. The fourth-order valence-corrected chi connectivity index (χ4v) is 8.98. The van der Waals surface area contributed by atoms with Gasteiger partial charge in [0.25, 0.3) is 0 Å². The molecule has 0 aromatic heterocycles. The Morgan fingerprint density at radius 2 is 1.65 bits per heavy atom. The van der Waals surface area contributed by atoms with Crippen LogP contribution in [0.5, 0.6) is 0 Å². The minimum absolute atomic E-state index is 0.226. The van der Waals surface area contributed by atoms with Gasteiger partial charge in [-0.1, -0.05) is 37.0 Å². The molecule has 2 aliphatic heterocycles. The largest absolute Gasteiger partial charge is 0.480 e. The first kappa shape index (κ1) is 12.6. The lowest BCUT2D eigenvalue weighted by atomic mass is 9.92. The van der Waals surface area contributed by atoms with Crippen molar-refractivity contribution in [2.24, 2.45) is 0 Å². The molecule has 96 valence electrons. The molecule has 2 N–H and O–H groups in total. The summed E-state index contributed by atoms with van der Waals surface area (Å²) in [7, 11) is -1.12. The van der Waals surface area contributed by atoms with Crippen LogP contribution in [0.15, 0.2) is 0 Å². The summed E-state index contributed by atoms with van der Waals surface area (Å²) < 4.78 is 0. The van der Waals surface area contributed by atoms with E-state index < -0.39 is 19.6 Å². The van der Waals surface area contributed by atoms with Crippen molar-refractivity contribution in [1.82, 2.24) is 5.32 Å². The standard InChI is InChI=1S/C12H21NO3Si/c1-10(14)13-12(11(15)16)4-8-17(9-5-12)6-2-3-7-17/h2-9H2,1H3,(H,13,14)(H,15,16). The van der Waals surface area contributed by atoms with Gasteiger partial charge in [0.2, 0.25) is 5.91 Å². The summed E-state index contributed by atoms with van der Waals surface area (Å²) in [5.74, 6) is -1.08. The highest BCUT2D eigenvalue weighted by Gasteiger charge is 2.49. The summed E-state index contributed by atoms with van der Waals surface area (Å²) in [6.45, 7) is 1.40. The van der Waals surface area contributed by atoms with E-state index in [4.69, 9.17) is 0 Å². The molecule has 1 spiro atoms. The van der Waals surface area contributed by atoms with Crippen LogP contribution in [0, 0.1) is 0 Å². The van der Waals surface area contributed by atoms with E-state index in [1.54, 1.807) is 0 Å². The maximum absolute atomic E-state index is 11.4. The normalized spacial score (nSPS) is 25.7. The molecule has 2 saturated heterocycles. The molecule has 2 fully saturated rings. The molecule has 0 bridgehead atoms. The zero-order valence-corrected chi connectivity index (χ0v) is 11.4. The lowest BCUT2D eigenvalue weighted by Crippen LogP contribution is -2.58. The second-order valence-corrected chi connectivity index (χ2v) is 10.8. The Morgan fingerprint density at radius 1 is 1.12 bits per heavy atom. The van der Waals surface area contributed by atoms with Crippen LogP contribution < -0.4 is 5.32 Å². The van der Waals surface area contributed by atoms with Crippen LogP contribution >= 0.6 is 0 Å². The number of carboxylic acid groups (broad SMARTS) is 1. The molecule has 2 heterocycles. The molecule has 0 radical (unpaired) electrons. The second-order valence-electron chi connectivity index (χ2n) is 5.78. The predicted molar refractivity (Wildman–Crippen MR) is 67.6 cm³/mol.